The van der Waals surface area contributed by atoms with Gasteiger partial charge in [-0.2, -0.15) is 0 Å². The molecule has 0 aromatic rings. The van der Waals surface area contributed by atoms with Gasteiger partial charge in [0, 0.05) is 72.0 Å². The van der Waals surface area contributed by atoms with E-state index in [2.05, 4.69) is 0 Å². The Morgan fingerprint density at radius 3 is 1.22 bits per heavy atom. The molecule has 0 saturated carbocycles. The maximum Gasteiger partial charge on any atom is 3.00 e. The topological polar surface area (TPSA) is 194 Å². The summed E-state index contributed by atoms with van der Waals surface area (Å²) in [5.41, 5.74) is 0. The van der Waals surface area contributed by atoms with Gasteiger partial charge in [0.05, 0.1) is 43.3 Å². The summed E-state index contributed by atoms with van der Waals surface area (Å²) in [4.78, 5) is 39.5. The van der Waals surface area contributed by atoms with Crippen molar-refractivity contribution in [3.8, 4) is 0 Å². The number of nitrogens with zero attached hydrogens (tertiary/aromatic N) is 4. The second-order valence-electron chi connectivity index (χ2n) is 7.48. The predicted octanol–water partition coefficient (Wildman–Crippen LogP) is -7.83. The molecule has 1 aliphatic heterocycles. The summed E-state index contributed by atoms with van der Waals surface area (Å²) in [6.45, 7) is -0.648. The molecule has 1 aliphatic rings. The van der Waals surface area contributed by atoms with Crippen LogP contribution in [0.2, 0.25) is 0 Å². The third-order valence-corrected chi connectivity index (χ3v) is 5.22. The molecule has 1 rings (SSSR count). The van der Waals surface area contributed by atoms with Crippen LogP contribution in [-0.4, -0.2) is 150 Å². The van der Waals surface area contributed by atoms with E-state index in [4.69, 9.17) is 0 Å². The maximum absolute atomic E-state index is 11.1. The van der Waals surface area contributed by atoms with Crippen LogP contribution in [0.25, 0.3) is 0 Å². The number of hydrogen-bond acceptors (Lipinski definition) is 13. The van der Waals surface area contributed by atoms with Crippen molar-refractivity contribution in [2.75, 3.05) is 85.2 Å². The van der Waals surface area contributed by atoms with Crippen LogP contribution in [0.1, 0.15) is 0 Å². The summed E-state index contributed by atoms with van der Waals surface area (Å²) in [5, 5.41) is 62.3. The van der Waals surface area contributed by atoms with E-state index >= 15 is 0 Å². The Labute approximate surface area is 218 Å². The molecule has 1 saturated heterocycles. The fourth-order valence-corrected chi connectivity index (χ4v) is 3.51. The molecule has 32 heavy (non-hydrogen) atoms. The van der Waals surface area contributed by atoms with Gasteiger partial charge in [-0.1, -0.05) is 0 Å². The molecule has 3 N–H and O–H groups in total. The zero-order valence-electron chi connectivity index (χ0n) is 17.8. The standard InChI is InChI=1S/C18H34N4O9.Gd/c23-12-14(15(25)13-24)22-7-5-20(10-17(28)29)3-1-19(9-16(26)27)2-4-21(6-8-22)11-18(30)31;/h14-15,23-25H,1-13H2,(H,26,27)(H,28,29)(H,30,31);/q;+3/p-3/t14-,15-;/m1./s1. The smallest absolute Gasteiger partial charge is 0.549 e. The van der Waals surface area contributed by atoms with Crippen LogP contribution in [0.15, 0.2) is 0 Å². The largest absolute Gasteiger partial charge is 3.00 e. The summed E-state index contributed by atoms with van der Waals surface area (Å²) in [6, 6.07) is -0.836. The Hall–Kier alpha value is -0.545. The number of carbonyl (C=O) groups is 3. The van der Waals surface area contributed by atoms with Gasteiger partial charge in [-0.25, -0.2) is 0 Å². The van der Waals surface area contributed by atoms with Crippen molar-refractivity contribution in [3.63, 3.8) is 0 Å². The van der Waals surface area contributed by atoms with Crippen molar-refractivity contribution in [1.29, 1.82) is 0 Å². The monoisotopic (exact) mass is 605 g/mol. The average molecular weight is 605 g/mol. The minimum atomic E-state index is -1.31. The Bertz CT molecular complexity index is 555. The Morgan fingerprint density at radius 2 is 0.969 bits per heavy atom. The molecule has 0 aromatic heterocycles. The zero-order valence-corrected chi connectivity index (χ0v) is 20.0. The van der Waals surface area contributed by atoms with Crippen LogP contribution in [0.3, 0.4) is 0 Å². The number of carbonyl (C=O) groups excluding carboxylic acids is 3. The van der Waals surface area contributed by atoms with E-state index in [-0.39, 0.29) is 98.8 Å². The van der Waals surface area contributed by atoms with Gasteiger partial charge >= 0.3 is 39.9 Å². The number of carboxylic acid groups (broad SMARTS) is 3. The summed E-state index contributed by atoms with van der Waals surface area (Å²) in [7, 11) is 0. The van der Waals surface area contributed by atoms with E-state index in [1.165, 1.54) is 4.90 Å². The first-order chi connectivity index (χ1) is 14.7. The van der Waals surface area contributed by atoms with Gasteiger partial charge in [-0.05, 0) is 0 Å². The molecule has 185 valence electrons. The van der Waals surface area contributed by atoms with Crippen molar-refractivity contribution in [2.24, 2.45) is 0 Å². The molecule has 0 unspecified atom stereocenters. The molecular formula is C18H31GdN4O9. The SMILES string of the molecule is O=C([O-])CN1CCN(CC(=O)[O-])CCN([C@H](CO)[C@H](O)CO)CCN(CC(=O)[O-])CC1.[Gd+3]. The van der Waals surface area contributed by atoms with Gasteiger partial charge in [0.2, 0.25) is 0 Å². The summed E-state index contributed by atoms with van der Waals surface area (Å²) in [5.74, 6) is -3.92. The first-order valence-electron chi connectivity index (χ1n) is 10.1. The molecule has 0 spiro atoms. The second-order valence-corrected chi connectivity index (χ2v) is 7.48. The Kier molecular flexibility index (Phi) is 16.7. The number of carboxylic acids is 3. The molecule has 13 nitrogen and oxygen atoms in total. The van der Waals surface area contributed by atoms with Gasteiger partial charge in [0.25, 0.3) is 0 Å². The van der Waals surface area contributed by atoms with E-state index in [1.54, 1.807) is 14.7 Å². The molecule has 14 heteroatoms. The first-order valence-corrected chi connectivity index (χ1v) is 10.1. The van der Waals surface area contributed by atoms with Gasteiger partial charge in [0.15, 0.2) is 0 Å². The van der Waals surface area contributed by atoms with E-state index in [0.29, 0.717) is 0 Å². The summed E-state index contributed by atoms with van der Waals surface area (Å²) < 4.78 is 0. The number of rotatable bonds is 10. The fourth-order valence-electron chi connectivity index (χ4n) is 3.51. The molecule has 0 bridgehead atoms. The van der Waals surface area contributed by atoms with Crippen LogP contribution < -0.4 is 15.3 Å². The summed E-state index contributed by atoms with van der Waals surface area (Å²) >= 11 is 0. The molecule has 1 heterocycles. The van der Waals surface area contributed by atoms with E-state index in [0.717, 1.165) is 0 Å². The van der Waals surface area contributed by atoms with Crippen LogP contribution in [0.5, 0.6) is 0 Å². The minimum Gasteiger partial charge on any atom is -0.549 e. The van der Waals surface area contributed by atoms with Crippen LogP contribution in [0, 0.1) is 39.9 Å². The average Bonchev–Trinajstić information content (AvgIpc) is 2.68. The quantitative estimate of drug-likeness (QED) is 0.213. The van der Waals surface area contributed by atoms with Crippen LogP contribution >= 0.6 is 0 Å². The van der Waals surface area contributed by atoms with Crippen molar-refractivity contribution in [2.45, 2.75) is 12.1 Å². The molecule has 1 fully saturated rings. The van der Waals surface area contributed by atoms with Crippen molar-refractivity contribution in [1.82, 2.24) is 19.6 Å². The second kappa shape index (κ2) is 17.0. The van der Waals surface area contributed by atoms with E-state index < -0.39 is 56.4 Å². The molecule has 0 aliphatic carbocycles. The van der Waals surface area contributed by atoms with Crippen molar-refractivity contribution < 1.29 is 85.0 Å². The Morgan fingerprint density at radius 1 is 0.656 bits per heavy atom. The molecule has 1 radical (unpaired) electrons. The number of aliphatic hydroxyl groups excluding tert-OH is 3. The Balaban J connectivity index is 0.00000961. The normalized spacial score (nSPS) is 20.3. The molecular weight excluding hydrogens is 573 g/mol. The van der Waals surface area contributed by atoms with Gasteiger partial charge in [-0.3, -0.25) is 19.6 Å². The fraction of sp³-hybridized carbons (Fsp3) is 0.833. The molecule has 0 amide bonds. The predicted molar refractivity (Wildman–Crippen MR) is 99.9 cm³/mol. The van der Waals surface area contributed by atoms with Gasteiger partial charge in [-0.15, -0.1) is 0 Å². The number of aliphatic hydroxyl groups is 3. The first kappa shape index (κ1) is 31.5. The zero-order chi connectivity index (χ0) is 23.4. The van der Waals surface area contributed by atoms with E-state index in [9.17, 15) is 45.0 Å². The summed E-state index contributed by atoms with van der Waals surface area (Å²) in [6.07, 6.45) is -1.25. The van der Waals surface area contributed by atoms with Crippen molar-refractivity contribution in [3.05, 3.63) is 0 Å². The van der Waals surface area contributed by atoms with Gasteiger partial charge < -0.3 is 45.0 Å². The third-order valence-electron chi connectivity index (χ3n) is 5.22. The molecule has 2 atom stereocenters. The number of aliphatic carboxylic acids is 3. The van der Waals surface area contributed by atoms with E-state index in [1.807, 2.05) is 0 Å². The van der Waals surface area contributed by atoms with Gasteiger partial charge in [0.1, 0.15) is 0 Å². The van der Waals surface area contributed by atoms with Crippen LogP contribution in [-0.2, 0) is 14.4 Å². The maximum atomic E-state index is 11.1. The van der Waals surface area contributed by atoms with Crippen LogP contribution in [0.4, 0.5) is 0 Å². The minimum absolute atomic E-state index is 0. The third kappa shape index (κ3) is 12.6. The molecule has 0 aromatic carbocycles. The number of hydrogen-bond donors (Lipinski definition) is 3. The van der Waals surface area contributed by atoms with Crippen molar-refractivity contribution >= 4 is 17.9 Å².